The minimum Gasteiger partial charge on any atom is -0.496 e. The Balaban J connectivity index is 1.53. The van der Waals surface area contributed by atoms with Gasteiger partial charge < -0.3 is 10.5 Å². The smallest absolute Gasteiger partial charge is 0.180 e. The van der Waals surface area contributed by atoms with E-state index in [9.17, 15) is 4.79 Å². The van der Waals surface area contributed by atoms with Crippen LogP contribution < -0.4 is 10.5 Å². The van der Waals surface area contributed by atoms with Gasteiger partial charge in [-0.2, -0.15) is 5.10 Å². The number of fused-ring (bicyclic) bond motifs is 1. The summed E-state index contributed by atoms with van der Waals surface area (Å²) >= 11 is 1.56. The Morgan fingerprint density at radius 3 is 2.77 bits per heavy atom. The number of aromatic nitrogens is 3. The van der Waals surface area contributed by atoms with E-state index in [2.05, 4.69) is 31.0 Å². The highest BCUT2D eigenvalue weighted by Crippen LogP contribution is 2.31. The van der Waals surface area contributed by atoms with E-state index in [-0.39, 0.29) is 17.6 Å². The second kappa shape index (κ2) is 8.83. The Morgan fingerprint density at radius 2 is 2.06 bits per heavy atom. The molecule has 2 aromatic heterocycles. The van der Waals surface area contributed by atoms with Gasteiger partial charge in [0.15, 0.2) is 10.9 Å². The molecule has 2 N–H and O–H groups in total. The monoisotopic (exact) mass is 438 g/mol. The van der Waals surface area contributed by atoms with Crippen molar-refractivity contribution in [2.24, 2.45) is 5.92 Å². The van der Waals surface area contributed by atoms with Crippen molar-refractivity contribution in [3.63, 3.8) is 0 Å². The molecule has 4 rings (SSSR count). The van der Waals surface area contributed by atoms with Crippen LogP contribution in [0.15, 0.2) is 24.3 Å². The van der Waals surface area contributed by atoms with Crippen LogP contribution in [0.1, 0.15) is 54.4 Å². The number of ketones is 1. The van der Waals surface area contributed by atoms with Crippen molar-refractivity contribution in [1.29, 1.82) is 0 Å². The van der Waals surface area contributed by atoms with Crippen LogP contribution in [0.5, 0.6) is 5.75 Å². The highest BCUT2D eigenvalue weighted by Gasteiger charge is 2.26. The number of nitrogens with two attached hydrogens (primary N) is 1. The normalized spacial score (nSPS) is 16.2. The number of rotatable bonds is 6. The topological polar surface area (TPSA) is 83.0 Å². The average molecular weight is 439 g/mol. The molecule has 2 heterocycles. The summed E-state index contributed by atoms with van der Waals surface area (Å²) in [5.41, 5.74) is 11.0. The highest BCUT2D eigenvalue weighted by molar-refractivity contribution is 7.15. The first kappa shape index (κ1) is 21.6. The molecule has 0 saturated carbocycles. The third-order valence-electron chi connectivity index (χ3n) is 6.10. The molecule has 1 atom stereocenters. The van der Waals surface area contributed by atoms with Crippen LogP contribution in [0, 0.1) is 12.8 Å². The van der Waals surface area contributed by atoms with Crippen LogP contribution in [0.25, 0.3) is 11.3 Å². The van der Waals surface area contributed by atoms with Gasteiger partial charge >= 0.3 is 0 Å². The zero-order valence-electron chi connectivity index (χ0n) is 18.6. The third kappa shape index (κ3) is 4.51. The zero-order chi connectivity index (χ0) is 22.1. The molecule has 1 aliphatic rings. The number of ether oxygens (including phenoxy) is 1. The molecule has 3 aromatic rings. The Morgan fingerprint density at radius 1 is 1.29 bits per heavy atom. The van der Waals surface area contributed by atoms with Gasteiger partial charge in [-0.1, -0.05) is 13.8 Å². The maximum Gasteiger partial charge on any atom is 0.180 e. The Kier molecular flexibility index (Phi) is 6.14. The Hall–Kier alpha value is -2.67. The van der Waals surface area contributed by atoms with Crippen molar-refractivity contribution in [3.8, 4) is 17.0 Å². The number of carbonyl (C=O) groups is 1. The lowest BCUT2D eigenvalue weighted by molar-refractivity contribution is -0.124. The van der Waals surface area contributed by atoms with Crippen LogP contribution >= 0.6 is 11.3 Å². The van der Waals surface area contributed by atoms with Crippen molar-refractivity contribution in [2.75, 3.05) is 12.8 Å². The molecular weight excluding hydrogens is 408 g/mol. The molecule has 1 aliphatic carbocycles. The van der Waals surface area contributed by atoms with Crippen molar-refractivity contribution < 1.29 is 9.53 Å². The molecule has 0 aliphatic heterocycles. The van der Waals surface area contributed by atoms with Gasteiger partial charge in [-0.25, -0.2) is 4.98 Å². The molecule has 0 radical (unpaired) electrons. The molecule has 31 heavy (non-hydrogen) atoms. The molecule has 0 amide bonds. The number of carbonyl (C=O) groups excluding carboxylic acids is 1. The fourth-order valence-corrected chi connectivity index (χ4v) is 5.25. The average Bonchev–Trinajstić information content (AvgIpc) is 3.25. The van der Waals surface area contributed by atoms with Crippen LogP contribution in [0.2, 0.25) is 0 Å². The second-order valence-electron chi connectivity index (χ2n) is 8.61. The maximum absolute atomic E-state index is 13.2. The molecule has 0 fully saturated rings. The maximum atomic E-state index is 13.2. The third-order valence-corrected chi connectivity index (χ3v) is 7.09. The summed E-state index contributed by atoms with van der Waals surface area (Å²) in [6.45, 7) is 6.62. The van der Waals surface area contributed by atoms with Gasteiger partial charge in [-0.3, -0.25) is 9.48 Å². The molecule has 1 unspecified atom stereocenters. The van der Waals surface area contributed by atoms with E-state index in [1.807, 2.05) is 23.7 Å². The van der Waals surface area contributed by atoms with E-state index >= 15 is 0 Å². The number of nitrogens with zero attached hydrogens (tertiary/aromatic N) is 3. The highest BCUT2D eigenvalue weighted by atomic mass is 32.1. The lowest BCUT2D eigenvalue weighted by Gasteiger charge is -2.15. The summed E-state index contributed by atoms with van der Waals surface area (Å²) in [5.74, 6) is 1.44. The summed E-state index contributed by atoms with van der Waals surface area (Å²) in [6, 6.07) is 8.18. The number of hydrogen-bond acceptors (Lipinski definition) is 6. The molecule has 6 nitrogen and oxygen atoms in total. The number of hydrogen-bond donors (Lipinski definition) is 1. The van der Waals surface area contributed by atoms with E-state index in [1.165, 1.54) is 4.88 Å². The molecule has 0 saturated heterocycles. The molecular formula is C24H30N4O2S. The number of thiazole rings is 1. The summed E-state index contributed by atoms with van der Waals surface area (Å²) < 4.78 is 7.28. The number of anilines is 1. The van der Waals surface area contributed by atoms with E-state index in [1.54, 1.807) is 18.4 Å². The summed E-state index contributed by atoms with van der Waals surface area (Å²) in [6.07, 6.45) is 3.40. The van der Waals surface area contributed by atoms with Gasteiger partial charge in [0.1, 0.15) is 12.3 Å². The predicted molar refractivity (Wildman–Crippen MR) is 125 cm³/mol. The van der Waals surface area contributed by atoms with E-state index in [0.29, 0.717) is 11.7 Å². The number of methoxy groups -OCH3 is 1. The first-order valence-corrected chi connectivity index (χ1v) is 11.7. The first-order valence-electron chi connectivity index (χ1n) is 10.8. The van der Waals surface area contributed by atoms with Gasteiger partial charge in [0.2, 0.25) is 0 Å². The van der Waals surface area contributed by atoms with Gasteiger partial charge in [0.25, 0.3) is 0 Å². The first-order chi connectivity index (χ1) is 14.9. The minimum atomic E-state index is 0.0403. The lowest BCUT2D eigenvalue weighted by Crippen LogP contribution is -2.22. The second-order valence-corrected chi connectivity index (χ2v) is 9.73. The number of nitrogen functional groups attached to an aromatic ring is 1. The summed E-state index contributed by atoms with van der Waals surface area (Å²) in [4.78, 5) is 18.9. The van der Waals surface area contributed by atoms with Crippen molar-refractivity contribution >= 4 is 22.3 Å². The van der Waals surface area contributed by atoms with E-state index < -0.39 is 0 Å². The lowest BCUT2D eigenvalue weighted by atomic mass is 9.95. The largest absolute Gasteiger partial charge is 0.496 e. The minimum absolute atomic E-state index is 0.0403. The Labute approximate surface area is 187 Å². The fraction of sp³-hybridized carbons (Fsp3) is 0.458. The van der Waals surface area contributed by atoms with E-state index in [0.717, 1.165) is 59.6 Å². The van der Waals surface area contributed by atoms with Crippen LogP contribution in [-0.2, 0) is 24.2 Å². The van der Waals surface area contributed by atoms with Gasteiger partial charge in [-0.05, 0) is 68.4 Å². The van der Waals surface area contributed by atoms with Crippen LogP contribution in [0.3, 0.4) is 0 Å². The zero-order valence-corrected chi connectivity index (χ0v) is 19.5. The molecule has 7 heteroatoms. The SMILES string of the molecule is COc1ccc(-c2cc(C(C)C)n(CC(=O)C3CCc4nc(N)sc4CC3)n2)cc1C. The van der Waals surface area contributed by atoms with Crippen LogP contribution in [0.4, 0.5) is 5.13 Å². The van der Waals surface area contributed by atoms with Gasteiger partial charge in [-0.15, -0.1) is 11.3 Å². The molecule has 1 aromatic carbocycles. The van der Waals surface area contributed by atoms with Crippen molar-refractivity contribution in [1.82, 2.24) is 14.8 Å². The standard InChI is InChI=1S/C24H30N4O2S/c1-14(2)20-12-19(17-6-9-22(30-4)15(3)11-17)27-28(20)13-21(29)16-5-8-18-23(10-7-16)31-24(25)26-18/h6,9,11-12,14,16H,5,7-8,10,13H2,1-4H3,(H2,25,26). The van der Waals surface area contributed by atoms with Gasteiger partial charge in [0, 0.05) is 22.1 Å². The quantitative estimate of drug-likeness (QED) is 0.559. The molecule has 0 spiro atoms. The van der Waals surface area contributed by atoms with Crippen molar-refractivity contribution in [2.45, 2.75) is 58.9 Å². The van der Waals surface area contributed by atoms with Crippen molar-refractivity contribution in [3.05, 3.63) is 46.1 Å². The summed E-state index contributed by atoms with van der Waals surface area (Å²) in [5, 5.41) is 5.46. The predicted octanol–water partition coefficient (Wildman–Crippen LogP) is 4.79. The van der Waals surface area contributed by atoms with E-state index in [4.69, 9.17) is 15.6 Å². The van der Waals surface area contributed by atoms with Crippen LogP contribution in [-0.4, -0.2) is 27.7 Å². The number of aryl methyl sites for hydroxylation is 3. The Bertz CT molecular complexity index is 1070. The summed E-state index contributed by atoms with van der Waals surface area (Å²) in [7, 11) is 1.68. The molecule has 164 valence electrons. The number of benzene rings is 1. The van der Waals surface area contributed by atoms with Gasteiger partial charge in [0.05, 0.1) is 18.5 Å². The fourth-order valence-electron chi connectivity index (χ4n) is 4.35. The molecule has 0 bridgehead atoms. The number of Topliss-reactive ketones (excluding diaryl/α,β-unsaturated/α-hetero) is 1.